The van der Waals surface area contributed by atoms with Crippen LogP contribution in [0.15, 0.2) is 24.3 Å². The Morgan fingerprint density at radius 2 is 1.75 bits per heavy atom. The van der Waals surface area contributed by atoms with E-state index in [0.29, 0.717) is 5.56 Å². The number of carboxylic acid groups (broad SMARTS) is 1. The smallest absolute Gasteiger partial charge is 0.327 e. The van der Waals surface area contributed by atoms with Gasteiger partial charge < -0.3 is 42.3 Å². The molecule has 9 N–H and O–H groups in total. The number of β-lactam (4-membered cyclic amide) rings is 1. The molecule has 2 fully saturated rings. The van der Waals surface area contributed by atoms with Crippen molar-refractivity contribution in [2.24, 2.45) is 5.73 Å². The summed E-state index contributed by atoms with van der Waals surface area (Å²) in [5, 5.41) is 26.0. The van der Waals surface area contributed by atoms with Crippen LogP contribution in [0.1, 0.15) is 31.9 Å². The molecular formula is C21H30ClN5O8S. The van der Waals surface area contributed by atoms with Gasteiger partial charge in [-0.25, -0.2) is 4.79 Å². The van der Waals surface area contributed by atoms with E-state index in [1.54, 1.807) is 13.8 Å². The third kappa shape index (κ3) is 6.00. The summed E-state index contributed by atoms with van der Waals surface area (Å²) >= 11 is 1.27. The van der Waals surface area contributed by atoms with E-state index in [9.17, 15) is 34.2 Å². The van der Waals surface area contributed by atoms with Crippen molar-refractivity contribution in [1.29, 1.82) is 0 Å². The van der Waals surface area contributed by atoms with E-state index < -0.39 is 63.9 Å². The van der Waals surface area contributed by atoms with Gasteiger partial charge in [0.2, 0.25) is 23.6 Å². The van der Waals surface area contributed by atoms with Gasteiger partial charge in [0.1, 0.15) is 29.2 Å². The summed E-state index contributed by atoms with van der Waals surface area (Å²) in [7, 11) is 1.40. The zero-order valence-corrected chi connectivity index (χ0v) is 21.3. The fourth-order valence-electron chi connectivity index (χ4n) is 3.99. The molecule has 5 atom stereocenters. The molecule has 0 bridgehead atoms. The molecule has 1 aromatic rings. The number of nitrogens with one attached hydrogen (secondary N) is 3. The lowest BCUT2D eigenvalue weighted by Crippen LogP contribution is -2.71. The van der Waals surface area contributed by atoms with Crippen molar-refractivity contribution >= 4 is 53.8 Å². The van der Waals surface area contributed by atoms with Crippen LogP contribution in [0.5, 0.6) is 5.75 Å². The number of phenols is 1. The number of carbonyl (C=O) groups is 5. The molecule has 2 unspecified atom stereocenters. The van der Waals surface area contributed by atoms with Gasteiger partial charge in [-0.2, -0.15) is 0 Å². The Bertz CT molecular complexity index is 1020. The number of rotatable bonds is 8. The number of carboxylic acids is 1. The zero-order valence-electron chi connectivity index (χ0n) is 19.7. The summed E-state index contributed by atoms with van der Waals surface area (Å²) in [5.41, 5.74) is 6.09. The highest BCUT2D eigenvalue weighted by molar-refractivity contribution is 8.01. The number of fused-ring (bicyclic) bond motifs is 1. The van der Waals surface area contributed by atoms with E-state index in [2.05, 4.69) is 16.0 Å². The number of carbonyl (C=O) groups excluding carboxylic acids is 4. The lowest BCUT2D eigenvalue weighted by molar-refractivity contribution is -0.161. The summed E-state index contributed by atoms with van der Waals surface area (Å²) in [5.74, 6) is -3.66. The van der Waals surface area contributed by atoms with Gasteiger partial charge >= 0.3 is 5.97 Å². The van der Waals surface area contributed by atoms with Gasteiger partial charge in [-0.15, -0.1) is 24.2 Å². The van der Waals surface area contributed by atoms with Gasteiger partial charge in [0.25, 0.3) is 0 Å². The van der Waals surface area contributed by atoms with Crippen molar-refractivity contribution in [3.8, 4) is 5.75 Å². The molecule has 4 amide bonds. The van der Waals surface area contributed by atoms with Gasteiger partial charge in [-0.05, 0) is 31.5 Å². The summed E-state index contributed by atoms with van der Waals surface area (Å²) in [6.45, 7) is 3.43. The highest BCUT2D eigenvalue weighted by atomic mass is 35.5. The van der Waals surface area contributed by atoms with Crippen molar-refractivity contribution in [1.82, 2.24) is 20.9 Å². The first kappa shape index (κ1) is 31.0. The fourth-order valence-corrected chi connectivity index (χ4v) is 5.62. The summed E-state index contributed by atoms with van der Waals surface area (Å²) < 4.78 is -0.761. The number of hydrogen-bond donors (Lipinski definition) is 6. The van der Waals surface area contributed by atoms with Gasteiger partial charge in [-0.3, -0.25) is 19.2 Å². The second kappa shape index (κ2) is 11.8. The van der Waals surface area contributed by atoms with Crippen LogP contribution in [0, 0.1) is 0 Å². The molecular weight excluding hydrogens is 518 g/mol. The molecule has 36 heavy (non-hydrogen) atoms. The zero-order chi connectivity index (χ0) is 25.4. The van der Waals surface area contributed by atoms with Crippen LogP contribution in [0.2, 0.25) is 0 Å². The lowest BCUT2D eigenvalue weighted by atomic mass is 9.95. The van der Waals surface area contributed by atoms with Crippen LogP contribution >= 0.6 is 24.2 Å². The minimum Gasteiger partial charge on any atom is -0.508 e. The molecule has 1 aromatic carbocycles. The predicted molar refractivity (Wildman–Crippen MR) is 132 cm³/mol. The summed E-state index contributed by atoms with van der Waals surface area (Å²) in [4.78, 5) is 62.9. The maximum atomic E-state index is 13.2. The molecule has 3 rings (SSSR count). The molecule has 2 aliphatic rings. The third-order valence-electron chi connectivity index (χ3n) is 5.77. The number of thioether (sulfide) groups is 1. The van der Waals surface area contributed by atoms with E-state index in [-0.39, 0.29) is 30.1 Å². The van der Waals surface area contributed by atoms with Crippen LogP contribution < -0.4 is 21.7 Å². The fraction of sp³-hybridized carbons (Fsp3) is 0.476. The lowest BCUT2D eigenvalue weighted by Gasteiger charge is -2.44. The number of nitrogens with zero attached hydrogens (tertiary/aromatic N) is 1. The molecule has 0 aliphatic carbocycles. The quantitative estimate of drug-likeness (QED) is 0.202. The average Bonchev–Trinajstić information content (AvgIpc) is 3.03. The molecule has 0 spiro atoms. The molecule has 13 nitrogen and oxygen atoms in total. The molecule has 0 radical (unpaired) electrons. The van der Waals surface area contributed by atoms with Crippen LogP contribution in [0.4, 0.5) is 0 Å². The minimum atomic E-state index is -1.28. The SMILES string of the molecule is CNC(=O)CC(N)C(=O)NC(C(=O)N[C@@H]1C(=O)N2[C@@H]1SC(C)(C)[C@@H]2C(=O)O)c1ccc(O)cc1.Cl.O. The number of benzene rings is 1. The number of nitrogens with two attached hydrogens (primary N) is 1. The maximum Gasteiger partial charge on any atom is 0.327 e. The number of hydrogen-bond acceptors (Lipinski definition) is 8. The first-order chi connectivity index (χ1) is 15.9. The first-order valence-electron chi connectivity index (χ1n) is 10.5. The van der Waals surface area contributed by atoms with Crippen molar-refractivity contribution in [3.63, 3.8) is 0 Å². The van der Waals surface area contributed by atoms with Crippen molar-refractivity contribution in [2.75, 3.05) is 7.05 Å². The largest absolute Gasteiger partial charge is 0.508 e. The highest BCUT2D eigenvalue weighted by Gasteiger charge is 2.64. The molecule has 2 heterocycles. The van der Waals surface area contributed by atoms with Crippen molar-refractivity contribution < 1.29 is 39.7 Å². The number of aromatic hydroxyl groups is 1. The highest BCUT2D eigenvalue weighted by Crippen LogP contribution is 2.50. The predicted octanol–water partition coefficient (Wildman–Crippen LogP) is -1.76. The number of halogens is 1. The molecule has 0 aromatic heterocycles. The number of aliphatic carboxylic acids is 1. The second-order valence-corrected chi connectivity index (χ2v) is 10.4. The second-order valence-electron chi connectivity index (χ2n) is 8.60. The Labute approximate surface area is 217 Å². The van der Waals surface area contributed by atoms with Gasteiger partial charge in [-0.1, -0.05) is 12.1 Å². The number of phenolic OH excluding ortho intramolecular Hbond substituents is 1. The van der Waals surface area contributed by atoms with Crippen LogP contribution in [-0.2, 0) is 24.0 Å². The maximum absolute atomic E-state index is 13.2. The third-order valence-corrected chi connectivity index (χ3v) is 7.34. The van der Waals surface area contributed by atoms with Crippen molar-refractivity contribution in [3.05, 3.63) is 29.8 Å². The minimum absolute atomic E-state index is 0. The standard InChI is InChI=1S/C21H27N5O7S.ClH.H2O/c1-21(2)15(20(32)33)26-18(31)14(19(26)34-21)25-17(30)13(9-4-6-10(27)7-5-9)24-16(29)11(22)8-12(28)23-3;;/h4-7,11,13-15,19,27H,8,22H2,1-3H3,(H,23,28)(H,24,29)(H,25,30)(H,32,33);1H;1H2/t11?,13?,14-,15+,19-;;/m1../s1. The monoisotopic (exact) mass is 547 g/mol. The Kier molecular flexibility index (Phi) is 10.1. The first-order valence-corrected chi connectivity index (χ1v) is 11.3. The number of amides is 4. The van der Waals surface area contributed by atoms with Crippen LogP contribution in [0.25, 0.3) is 0 Å². The van der Waals surface area contributed by atoms with E-state index >= 15 is 0 Å². The summed E-state index contributed by atoms with van der Waals surface area (Å²) in [6, 6.07) is 0.997. The van der Waals surface area contributed by atoms with E-state index in [1.165, 1.54) is 48.0 Å². The summed E-state index contributed by atoms with van der Waals surface area (Å²) in [6.07, 6.45) is -0.299. The molecule has 2 saturated heterocycles. The Balaban J connectivity index is 0.00000324. The van der Waals surface area contributed by atoms with E-state index in [4.69, 9.17) is 5.73 Å². The van der Waals surface area contributed by atoms with Crippen molar-refractivity contribution in [2.45, 2.75) is 54.6 Å². The van der Waals surface area contributed by atoms with Gasteiger partial charge in [0.05, 0.1) is 12.5 Å². The van der Waals surface area contributed by atoms with Gasteiger partial charge in [0.15, 0.2) is 0 Å². The normalized spacial score (nSPS) is 22.9. The Morgan fingerprint density at radius 3 is 2.28 bits per heavy atom. The molecule has 200 valence electrons. The molecule has 0 saturated carbocycles. The van der Waals surface area contributed by atoms with Crippen LogP contribution in [-0.4, -0.2) is 85.5 Å². The topological polar surface area (TPSA) is 223 Å². The Morgan fingerprint density at radius 1 is 1.17 bits per heavy atom. The van der Waals surface area contributed by atoms with E-state index in [0.717, 1.165) is 0 Å². The molecule has 15 heteroatoms. The molecule has 2 aliphatic heterocycles. The van der Waals surface area contributed by atoms with Crippen LogP contribution in [0.3, 0.4) is 0 Å². The Hall–Kier alpha value is -3.07. The average molecular weight is 548 g/mol. The van der Waals surface area contributed by atoms with E-state index in [1.807, 2.05) is 0 Å². The van der Waals surface area contributed by atoms with Gasteiger partial charge in [0, 0.05) is 11.8 Å².